The number of hydrogen-bond donors (Lipinski definition) is 1. The van der Waals surface area contributed by atoms with Crippen LogP contribution < -0.4 is 5.32 Å². The zero-order chi connectivity index (χ0) is 13.2. The second-order valence-corrected chi connectivity index (χ2v) is 5.20. The van der Waals surface area contributed by atoms with Gasteiger partial charge in [-0.05, 0) is 19.8 Å². The van der Waals surface area contributed by atoms with Gasteiger partial charge in [0.05, 0.1) is 6.61 Å². The second-order valence-electron chi connectivity index (χ2n) is 5.20. The van der Waals surface area contributed by atoms with Crippen LogP contribution in [0.1, 0.15) is 33.1 Å². The van der Waals surface area contributed by atoms with Crippen molar-refractivity contribution in [2.24, 2.45) is 0 Å². The van der Waals surface area contributed by atoms with E-state index in [0.717, 1.165) is 45.9 Å². The number of rotatable bonds is 9. The molecule has 0 aromatic heterocycles. The maximum absolute atomic E-state index is 5.64. The molecule has 1 N–H and O–H groups in total. The van der Waals surface area contributed by atoms with E-state index in [-0.39, 0.29) is 0 Å². The van der Waals surface area contributed by atoms with Gasteiger partial charge in [-0.15, -0.1) is 0 Å². The lowest BCUT2D eigenvalue weighted by Crippen LogP contribution is -2.55. The van der Waals surface area contributed by atoms with Gasteiger partial charge in [-0.25, -0.2) is 0 Å². The molecule has 1 aliphatic rings. The number of piperazine rings is 1. The molecule has 4 heteroatoms. The third-order valence-corrected chi connectivity index (χ3v) is 3.58. The third kappa shape index (κ3) is 6.14. The van der Waals surface area contributed by atoms with Crippen LogP contribution in [0.5, 0.6) is 0 Å². The SMILES string of the molecule is CCCC1CN(CCOCCCOC)C(C)CN1. The summed E-state index contributed by atoms with van der Waals surface area (Å²) in [7, 11) is 1.73. The fraction of sp³-hybridized carbons (Fsp3) is 1.00. The maximum atomic E-state index is 5.64. The molecule has 0 saturated carbocycles. The first kappa shape index (κ1) is 15.9. The summed E-state index contributed by atoms with van der Waals surface area (Å²) in [6, 6.07) is 1.29. The topological polar surface area (TPSA) is 33.7 Å². The highest BCUT2D eigenvalue weighted by Crippen LogP contribution is 2.09. The molecule has 2 atom stereocenters. The number of nitrogens with one attached hydrogen (secondary N) is 1. The van der Waals surface area contributed by atoms with E-state index in [9.17, 15) is 0 Å². The average molecular weight is 258 g/mol. The van der Waals surface area contributed by atoms with Crippen LogP contribution in [-0.2, 0) is 9.47 Å². The Morgan fingerprint density at radius 1 is 1.28 bits per heavy atom. The molecule has 108 valence electrons. The van der Waals surface area contributed by atoms with E-state index in [1.165, 1.54) is 12.8 Å². The molecular weight excluding hydrogens is 228 g/mol. The van der Waals surface area contributed by atoms with Crippen molar-refractivity contribution in [1.29, 1.82) is 0 Å². The quantitative estimate of drug-likeness (QED) is 0.636. The fourth-order valence-corrected chi connectivity index (χ4v) is 2.44. The summed E-state index contributed by atoms with van der Waals surface area (Å²) in [6.07, 6.45) is 3.53. The zero-order valence-electron chi connectivity index (χ0n) is 12.3. The van der Waals surface area contributed by atoms with Gasteiger partial charge in [-0.3, -0.25) is 4.90 Å². The Bertz CT molecular complexity index is 202. The molecule has 4 nitrogen and oxygen atoms in total. The molecule has 0 radical (unpaired) electrons. The van der Waals surface area contributed by atoms with Crippen LogP contribution in [0.25, 0.3) is 0 Å². The first-order valence-electron chi connectivity index (χ1n) is 7.32. The summed E-state index contributed by atoms with van der Waals surface area (Å²) in [6.45, 7) is 10.3. The van der Waals surface area contributed by atoms with E-state index in [1.807, 2.05) is 0 Å². The minimum absolute atomic E-state index is 0.626. The first-order chi connectivity index (χ1) is 8.77. The van der Waals surface area contributed by atoms with E-state index in [1.54, 1.807) is 7.11 Å². The van der Waals surface area contributed by atoms with Crippen molar-refractivity contribution >= 4 is 0 Å². The lowest BCUT2D eigenvalue weighted by Gasteiger charge is -2.38. The molecule has 0 spiro atoms. The molecule has 0 amide bonds. The normalized spacial score (nSPS) is 25.5. The monoisotopic (exact) mass is 258 g/mol. The minimum atomic E-state index is 0.626. The highest BCUT2D eigenvalue weighted by Gasteiger charge is 2.23. The van der Waals surface area contributed by atoms with Crippen LogP contribution in [0.4, 0.5) is 0 Å². The summed E-state index contributed by atoms with van der Waals surface area (Å²) in [4.78, 5) is 2.55. The average Bonchev–Trinajstić information content (AvgIpc) is 2.37. The summed E-state index contributed by atoms with van der Waals surface area (Å²) in [5, 5.41) is 3.62. The van der Waals surface area contributed by atoms with Gasteiger partial charge in [0.15, 0.2) is 0 Å². The van der Waals surface area contributed by atoms with Crippen molar-refractivity contribution in [1.82, 2.24) is 10.2 Å². The van der Waals surface area contributed by atoms with Gasteiger partial charge >= 0.3 is 0 Å². The highest BCUT2D eigenvalue weighted by molar-refractivity contribution is 4.83. The van der Waals surface area contributed by atoms with Crippen molar-refractivity contribution in [2.75, 3.05) is 46.6 Å². The summed E-state index contributed by atoms with van der Waals surface area (Å²) in [5.41, 5.74) is 0. The van der Waals surface area contributed by atoms with E-state index in [4.69, 9.17) is 9.47 Å². The molecule has 1 rings (SSSR count). The van der Waals surface area contributed by atoms with Gasteiger partial charge in [-0.1, -0.05) is 13.3 Å². The van der Waals surface area contributed by atoms with Gasteiger partial charge in [0, 0.05) is 52.0 Å². The Morgan fingerprint density at radius 3 is 2.83 bits per heavy atom. The largest absolute Gasteiger partial charge is 0.385 e. The molecule has 2 unspecified atom stereocenters. The first-order valence-corrected chi connectivity index (χ1v) is 7.32. The molecule has 18 heavy (non-hydrogen) atoms. The Labute approximate surface area is 112 Å². The molecule has 0 aliphatic carbocycles. The summed E-state index contributed by atoms with van der Waals surface area (Å²) in [5.74, 6) is 0. The highest BCUT2D eigenvalue weighted by atomic mass is 16.5. The van der Waals surface area contributed by atoms with Gasteiger partial charge in [0.2, 0.25) is 0 Å². The smallest absolute Gasteiger partial charge is 0.0593 e. The Balaban J connectivity index is 2.10. The van der Waals surface area contributed by atoms with Crippen LogP contribution in [-0.4, -0.2) is 63.5 Å². The lowest BCUT2D eigenvalue weighted by atomic mass is 10.1. The van der Waals surface area contributed by atoms with E-state index < -0.39 is 0 Å². The zero-order valence-corrected chi connectivity index (χ0v) is 12.3. The number of methoxy groups -OCH3 is 1. The van der Waals surface area contributed by atoms with Gasteiger partial charge in [0.1, 0.15) is 0 Å². The van der Waals surface area contributed by atoms with Crippen molar-refractivity contribution in [3.05, 3.63) is 0 Å². The minimum Gasteiger partial charge on any atom is -0.385 e. The van der Waals surface area contributed by atoms with E-state index in [0.29, 0.717) is 12.1 Å². The molecule has 0 aromatic rings. The second kappa shape index (κ2) is 9.73. The fourth-order valence-electron chi connectivity index (χ4n) is 2.44. The van der Waals surface area contributed by atoms with Crippen LogP contribution in [0.15, 0.2) is 0 Å². The summed E-state index contributed by atoms with van der Waals surface area (Å²) < 4.78 is 10.6. The molecule has 0 aromatic carbocycles. The number of nitrogens with zero attached hydrogens (tertiary/aromatic N) is 1. The van der Waals surface area contributed by atoms with Crippen LogP contribution in [0, 0.1) is 0 Å². The lowest BCUT2D eigenvalue weighted by molar-refractivity contribution is 0.0593. The molecule has 1 fully saturated rings. The molecule has 1 saturated heterocycles. The Kier molecular flexibility index (Phi) is 8.59. The third-order valence-electron chi connectivity index (χ3n) is 3.58. The summed E-state index contributed by atoms with van der Waals surface area (Å²) >= 11 is 0. The van der Waals surface area contributed by atoms with Gasteiger partial charge < -0.3 is 14.8 Å². The van der Waals surface area contributed by atoms with E-state index >= 15 is 0 Å². The van der Waals surface area contributed by atoms with E-state index in [2.05, 4.69) is 24.1 Å². The Hall–Kier alpha value is -0.160. The van der Waals surface area contributed by atoms with Crippen molar-refractivity contribution in [3.63, 3.8) is 0 Å². The van der Waals surface area contributed by atoms with Crippen LogP contribution >= 0.6 is 0 Å². The number of ether oxygens (including phenoxy) is 2. The van der Waals surface area contributed by atoms with Crippen molar-refractivity contribution in [2.45, 2.75) is 45.2 Å². The van der Waals surface area contributed by atoms with Crippen molar-refractivity contribution < 1.29 is 9.47 Å². The molecule has 0 bridgehead atoms. The Morgan fingerprint density at radius 2 is 2.11 bits per heavy atom. The molecular formula is C14H30N2O2. The van der Waals surface area contributed by atoms with Gasteiger partial charge in [-0.2, -0.15) is 0 Å². The number of hydrogen-bond acceptors (Lipinski definition) is 4. The predicted octanol–water partition coefficient (Wildman–Crippen LogP) is 1.50. The predicted molar refractivity (Wildman–Crippen MR) is 75.0 cm³/mol. The van der Waals surface area contributed by atoms with Crippen LogP contribution in [0.3, 0.4) is 0 Å². The molecule has 1 heterocycles. The van der Waals surface area contributed by atoms with Crippen molar-refractivity contribution in [3.8, 4) is 0 Å². The molecule has 1 aliphatic heterocycles. The standard InChI is InChI=1S/C14H30N2O2/c1-4-6-14-12-16(13(2)11-15-14)7-10-18-9-5-8-17-3/h13-15H,4-12H2,1-3H3. The van der Waals surface area contributed by atoms with Crippen LogP contribution in [0.2, 0.25) is 0 Å². The maximum Gasteiger partial charge on any atom is 0.0593 e. The van der Waals surface area contributed by atoms with Gasteiger partial charge in [0.25, 0.3) is 0 Å².